The molecule has 1 aromatic rings. The number of anilines is 1. The summed E-state index contributed by atoms with van der Waals surface area (Å²) >= 11 is 0. The average Bonchev–Trinajstić information content (AvgIpc) is 2.37. The number of nitrogens with zero attached hydrogens (tertiary/aromatic N) is 2. The molecular formula is C14H25N3O2. The zero-order valence-electron chi connectivity index (χ0n) is 12.2. The van der Waals surface area contributed by atoms with Crippen LogP contribution in [0, 0.1) is 5.92 Å². The molecule has 1 heterocycles. The minimum Gasteiger partial charge on any atom is -0.385 e. The first-order valence-corrected chi connectivity index (χ1v) is 6.93. The number of nitrogens with one attached hydrogen (secondary N) is 1. The predicted octanol–water partition coefficient (Wildman–Crippen LogP) is 2.13. The highest BCUT2D eigenvalue weighted by atomic mass is 16.5. The van der Waals surface area contributed by atoms with Crippen LogP contribution < -0.4 is 10.9 Å². The zero-order chi connectivity index (χ0) is 14.1. The Morgan fingerprint density at radius 3 is 2.84 bits per heavy atom. The van der Waals surface area contributed by atoms with E-state index in [2.05, 4.69) is 24.1 Å². The molecule has 0 fully saturated rings. The molecule has 5 heteroatoms. The van der Waals surface area contributed by atoms with Crippen LogP contribution in [0.2, 0.25) is 0 Å². The number of unbranched alkanes of at least 4 members (excludes halogenated alkanes) is 2. The summed E-state index contributed by atoms with van der Waals surface area (Å²) in [6, 6.07) is 0. The van der Waals surface area contributed by atoms with Crippen molar-refractivity contribution in [3.8, 4) is 0 Å². The highest BCUT2D eigenvalue weighted by Crippen LogP contribution is 2.00. The molecule has 0 saturated carbocycles. The van der Waals surface area contributed by atoms with E-state index in [-0.39, 0.29) is 5.56 Å². The van der Waals surface area contributed by atoms with Gasteiger partial charge >= 0.3 is 0 Å². The van der Waals surface area contributed by atoms with Gasteiger partial charge in [0.15, 0.2) is 5.82 Å². The largest absolute Gasteiger partial charge is 0.385 e. The normalized spacial score (nSPS) is 10.9. The number of methoxy groups -OCH3 is 1. The molecule has 0 saturated heterocycles. The first kappa shape index (κ1) is 15.7. The molecule has 0 aliphatic carbocycles. The van der Waals surface area contributed by atoms with Gasteiger partial charge in [-0.3, -0.25) is 4.79 Å². The Balaban J connectivity index is 2.43. The lowest BCUT2D eigenvalue weighted by molar-refractivity contribution is 0.192. The van der Waals surface area contributed by atoms with E-state index < -0.39 is 0 Å². The number of ether oxygens (including phenoxy) is 1. The molecule has 0 aliphatic rings. The molecular weight excluding hydrogens is 242 g/mol. The van der Waals surface area contributed by atoms with Gasteiger partial charge in [-0.25, -0.2) is 4.98 Å². The Morgan fingerprint density at radius 1 is 1.37 bits per heavy atom. The first-order chi connectivity index (χ1) is 9.15. The fourth-order valence-electron chi connectivity index (χ4n) is 1.86. The molecule has 0 atom stereocenters. The summed E-state index contributed by atoms with van der Waals surface area (Å²) in [5, 5.41) is 3.12. The molecule has 0 aromatic carbocycles. The Morgan fingerprint density at radius 2 is 2.16 bits per heavy atom. The molecule has 108 valence electrons. The predicted molar refractivity (Wildman–Crippen MR) is 77.6 cm³/mol. The Labute approximate surface area is 115 Å². The van der Waals surface area contributed by atoms with E-state index >= 15 is 0 Å². The lowest BCUT2D eigenvalue weighted by atomic mass is 10.2. The maximum atomic E-state index is 12.1. The monoisotopic (exact) mass is 267 g/mol. The Bertz CT molecular complexity index is 415. The summed E-state index contributed by atoms with van der Waals surface area (Å²) in [6.45, 7) is 6.48. The van der Waals surface area contributed by atoms with Crippen LogP contribution in [0.1, 0.15) is 33.1 Å². The van der Waals surface area contributed by atoms with Crippen molar-refractivity contribution in [1.82, 2.24) is 9.55 Å². The number of hydrogen-bond acceptors (Lipinski definition) is 4. The SMILES string of the molecule is COCCCCCNc1nccn(CC(C)C)c1=O. The van der Waals surface area contributed by atoms with Crippen LogP contribution in [0.25, 0.3) is 0 Å². The van der Waals surface area contributed by atoms with Gasteiger partial charge in [0.05, 0.1) is 0 Å². The summed E-state index contributed by atoms with van der Waals surface area (Å²) in [5.41, 5.74) is -0.0342. The van der Waals surface area contributed by atoms with Crippen LogP contribution in [0.5, 0.6) is 0 Å². The van der Waals surface area contributed by atoms with Gasteiger partial charge in [-0.15, -0.1) is 0 Å². The van der Waals surface area contributed by atoms with E-state index in [1.807, 2.05) is 0 Å². The van der Waals surface area contributed by atoms with E-state index in [9.17, 15) is 4.79 Å². The van der Waals surface area contributed by atoms with E-state index in [4.69, 9.17) is 4.74 Å². The van der Waals surface area contributed by atoms with Gasteiger partial charge in [-0.05, 0) is 25.2 Å². The second kappa shape index (κ2) is 8.69. The molecule has 0 bridgehead atoms. The minimum atomic E-state index is -0.0342. The summed E-state index contributed by atoms with van der Waals surface area (Å²) < 4.78 is 6.71. The van der Waals surface area contributed by atoms with Crippen molar-refractivity contribution in [2.24, 2.45) is 5.92 Å². The minimum absolute atomic E-state index is 0.0342. The van der Waals surface area contributed by atoms with Crippen molar-refractivity contribution in [2.75, 3.05) is 25.6 Å². The van der Waals surface area contributed by atoms with E-state index in [0.29, 0.717) is 11.7 Å². The molecule has 19 heavy (non-hydrogen) atoms. The third-order valence-electron chi connectivity index (χ3n) is 2.79. The number of aromatic nitrogens is 2. The van der Waals surface area contributed by atoms with Crippen LogP contribution in [-0.2, 0) is 11.3 Å². The summed E-state index contributed by atoms with van der Waals surface area (Å²) in [6.07, 6.45) is 6.58. The van der Waals surface area contributed by atoms with Crippen LogP contribution in [-0.4, -0.2) is 29.8 Å². The zero-order valence-corrected chi connectivity index (χ0v) is 12.2. The van der Waals surface area contributed by atoms with Gasteiger partial charge in [-0.2, -0.15) is 0 Å². The maximum Gasteiger partial charge on any atom is 0.293 e. The molecule has 0 amide bonds. The van der Waals surface area contributed by atoms with Gasteiger partial charge in [0.25, 0.3) is 5.56 Å². The third-order valence-corrected chi connectivity index (χ3v) is 2.79. The third kappa shape index (κ3) is 5.87. The van der Waals surface area contributed by atoms with Crippen molar-refractivity contribution in [3.05, 3.63) is 22.7 Å². The fraction of sp³-hybridized carbons (Fsp3) is 0.714. The molecule has 1 aromatic heterocycles. The first-order valence-electron chi connectivity index (χ1n) is 6.93. The molecule has 0 unspecified atom stereocenters. The lowest BCUT2D eigenvalue weighted by Gasteiger charge is -2.10. The molecule has 5 nitrogen and oxygen atoms in total. The topological polar surface area (TPSA) is 56.1 Å². The van der Waals surface area contributed by atoms with Crippen LogP contribution in [0.3, 0.4) is 0 Å². The summed E-state index contributed by atoms with van der Waals surface area (Å²) in [7, 11) is 1.71. The van der Waals surface area contributed by atoms with Crippen molar-refractivity contribution >= 4 is 5.82 Å². The van der Waals surface area contributed by atoms with Crippen molar-refractivity contribution < 1.29 is 4.74 Å². The van der Waals surface area contributed by atoms with Crippen LogP contribution in [0.15, 0.2) is 17.2 Å². The Kier molecular flexibility index (Phi) is 7.18. The van der Waals surface area contributed by atoms with Crippen molar-refractivity contribution in [2.45, 2.75) is 39.7 Å². The van der Waals surface area contributed by atoms with Gasteiger partial charge in [0, 0.05) is 39.2 Å². The van der Waals surface area contributed by atoms with Gasteiger partial charge in [-0.1, -0.05) is 13.8 Å². The highest BCUT2D eigenvalue weighted by molar-refractivity contribution is 5.30. The Hall–Kier alpha value is -1.36. The second-order valence-corrected chi connectivity index (χ2v) is 5.11. The second-order valence-electron chi connectivity index (χ2n) is 5.11. The van der Waals surface area contributed by atoms with Crippen LogP contribution >= 0.6 is 0 Å². The standard InChI is InChI=1S/C14H25N3O2/c1-12(2)11-17-9-8-16-13(14(17)18)15-7-5-4-6-10-19-3/h8-9,12H,4-7,10-11H2,1-3H3,(H,15,16). The quantitative estimate of drug-likeness (QED) is 0.696. The smallest absolute Gasteiger partial charge is 0.293 e. The lowest BCUT2D eigenvalue weighted by Crippen LogP contribution is -2.26. The summed E-state index contributed by atoms with van der Waals surface area (Å²) in [5.74, 6) is 0.900. The van der Waals surface area contributed by atoms with Gasteiger partial charge < -0.3 is 14.6 Å². The number of hydrogen-bond donors (Lipinski definition) is 1. The molecule has 0 radical (unpaired) electrons. The molecule has 0 spiro atoms. The summed E-state index contributed by atoms with van der Waals surface area (Å²) in [4.78, 5) is 16.2. The van der Waals surface area contributed by atoms with Gasteiger partial charge in [0.1, 0.15) is 0 Å². The van der Waals surface area contributed by atoms with Gasteiger partial charge in [0.2, 0.25) is 0 Å². The molecule has 0 aliphatic heterocycles. The van der Waals surface area contributed by atoms with E-state index in [1.165, 1.54) is 0 Å². The van der Waals surface area contributed by atoms with E-state index in [0.717, 1.165) is 39.0 Å². The van der Waals surface area contributed by atoms with Crippen molar-refractivity contribution in [3.63, 3.8) is 0 Å². The van der Waals surface area contributed by atoms with Crippen LogP contribution in [0.4, 0.5) is 5.82 Å². The highest BCUT2D eigenvalue weighted by Gasteiger charge is 2.05. The number of rotatable bonds is 9. The maximum absolute atomic E-state index is 12.1. The average molecular weight is 267 g/mol. The van der Waals surface area contributed by atoms with Crippen molar-refractivity contribution in [1.29, 1.82) is 0 Å². The van der Waals surface area contributed by atoms with E-state index in [1.54, 1.807) is 24.1 Å². The molecule has 1 N–H and O–H groups in total. The molecule has 1 rings (SSSR count). The fourth-order valence-corrected chi connectivity index (χ4v) is 1.86.